The van der Waals surface area contributed by atoms with Crippen LogP contribution in [0.2, 0.25) is 5.15 Å². The third-order valence-electron chi connectivity index (χ3n) is 0.955. The molecule has 0 saturated carbocycles. The van der Waals surface area contributed by atoms with Crippen molar-refractivity contribution in [3.05, 3.63) is 17.0 Å². The standard InChI is InChI=1S/C5H4BClN2/c1-3-5(6)8-2-4(7)9-3/h2H,1H3. The van der Waals surface area contributed by atoms with Crippen LogP contribution in [0.4, 0.5) is 0 Å². The summed E-state index contributed by atoms with van der Waals surface area (Å²) in [5.74, 6) is 0. The molecule has 1 heterocycles. The molecule has 0 atom stereocenters. The lowest BCUT2D eigenvalue weighted by molar-refractivity contribution is 1.15. The second-order valence-electron chi connectivity index (χ2n) is 1.66. The molecular weight excluding hydrogens is 134 g/mol. The first-order chi connectivity index (χ1) is 4.20. The van der Waals surface area contributed by atoms with Gasteiger partial charge in [-0.2, -0.15) is 0 Å². The summed E-state index contributed by atoms with van der Waals surface area (Å²) in [6, 6.07) is 0. The second kappa shape index (κ2) is 2.35. The zero-order valence-corrected chi connectivity index (χ0v) is 5.68. The van der Waals surface area contributed by atoms with Crippen molar-refractivity contribution < 1.29 is 0 Å². The smallest absolute Gasteiger partial charge is 0.147 e. The van der Waals surface area contributed by atoms with E-state index in [0.29, 0.717) is 16.4 Å². The number of hydrogen-bond acceptors (Lipinski definition) is 2. The fourth-order valence-electron chi connectivity index (χ4n) is 0.463. The van der Waals surface area contributed by atoms with E-state index in [2.05, 4.69) is 9.97 Å². The topological polar surface area (TPSA) is 25.8 Å². The highest BCUT2D eigenvalue weighted by atomic mass is 35.5. The summed E-state index contributed by atoms with van der Waals surface area (Å²) in [6.45, 7) is 1.76. The molecule has 2 radical (unpaired) electrons. The second-order valence-corrected chi connectivity index (χ2v) is 2.05. The summed E-state index contributed by atoms with van der Waals surface area (Å²) in [6.07, 6.45) is 1.42. The quantitative estimate of drug-likeness (QED) is 0.480. The fourth-order valence-corrected chi connectivity index (χ4v) is 0.638. The molecule has 0 aliphatic carbocycles. The van der Waals surface area contributed by atoms with Crippen molar-refractivity contribution in [2.75, 3.05) is 0 Å². The minimum Gasteiger partial charge on any atom is -0.268 e. The molecule has 0 unspecified atom stereocenters. The molecule has 9 heavy (non-hydrogen) atoms. The van der Waals surface area contributed by atoms with Crippen LogP contribution < -0.4 is 5.59 Å². The number of hydrogen-bond donors (Lipinski definition) is 0. The minimum absolute atomic E-state index is 0.377. The molecular formula is C5H4BClN2. The van der Waals surface area contributed by atoms with Gasteiger partial charge in [0.05, 0.1) is 6.20 Å². The van der Waals surface area contributed by atoms with Crippen LogP contribution in [-0.4, -0.2) is 17.8 Å². The normalized spacial score (nSPS) is 9.56. The van der Waals surface area contributed by atoms with E-state index in [-0.39, 0.29) is 0 Å². The van der Waals surface area contributed by atoms with E-state index in [4.69, 9.17) is 19.4 Å². The van der Waals surface area contributed by atoms with Gasteiger partial charge < -0.3 is 0 Å². The van der Waals surface area contributed by atoms with Crippen molar-refractivity contribution in [1.82, 2.24) is 9.97 Å². The van der Waals surface area contributed by atoms with Gasteiger partial charge in [0.15, 0.2) is 0 Å². The minimum atomic E-state index is 0.377. The molecule has 44 valence electrons. The SMILES string of the molecule is [B]c1ncc(Cl)nc1C. The van der Waals surface area contributed by atoms with Crippen LogP contribution in [0.3, 0.4) is 0 Å². The van der Waals surface area contributed by atoms with Gasteiger partial charge in [-0.15, -0.1) is 0 Å². The molecule has 0 N–H and O–H groups in total. The molecule has 0 spiro atoms. The Morgan fingerprint density at radius 1 is 1.67 bits per heavy atom. The van der Waals surface area contributed by atoms with Crippen LogP contribution in [-0.2, 0) is 0 Å². The van der Waals surface area contributed by atoms with Crippen molar-refractivity contribution in [3.8, 4) is 0 Å². The van der Waals surface area contributed by atoms with Crippen molar-refractivity contribution in [2.45, 2.75) is 6.92 Å². The largest absolute Gasteiger partial charge is 0.268 e. The lowest BCUT2D eigenvalue weighted by Gasteiger charge is -1.95. The van der Waals surface area contributed by atoms with Crippen LogP contribution >= 0.6 is 11.6 Å². The molecule has 0 saturated heterocycles. The van der Waals surface area contributed by atoms with Crippen molar-refractivity contribution >= 4 is 25.0 Å². The molecule has 0 aromatic carbocycles. The van der Waals surface area contributed by atoms with Gasteiger partial charge in [-0.3, -0.25) is 4.98 Å². The Labute approximate surface area is 59.7 Å². The van der Waals surface area contributed by atoms with Crippen molar-refractivity contribution in [2.24, 2.45) is 0 Å². The number of halogens is 1. The molecule has 1 rings (SSSR count). The maximum Gasteiger partial charge on any atom is 0.147 e. The van der Waals surface area contributed by atoms with Crippen LogP contribution in [0.5, 0.6) is 0 Å². The van der Waals surface area contributed by atoms with Gasteiger partial charge in [-0.25, -0.2) is 4.98 Å². The molecule has 2 nitrogen and oxygen atoms in total. The molecule has 4 heteroatoms. The zero-order valence-electron chi connectivity index (χ0n) is 4.93. The van der Waals surface area contributed by atoms with Gasteiger partial charge in [0.1, 0.15) is 13.0 Å². The Balaban J connectivity index is 3.17. The first-order valence-corrected chi connectivity index (χ1v) is 2.82. The summed E-state index contributed by atoms with van der Waals surface area (Å²) < 4.78 is 0. The summed E-state index contributed by atoms with van der Waals surface area (Å²) in [4.78, 5) is 7.61. The summed E-state index contributed by atoms with van der Waals surface area (Å²) in [7, 11) is 5.36. The van der Waals surface area contributed by atoms with E-state index in [1.807, 2.05) is 0 Å². The zero-order chi connectivity index (χ0) is 6.85. The highest BCUT2D eigenvalue weighted by molar-refractivity contribution is 6.32. The average Bonchev–Trinajstić information content (AvgIpc) is 1.80. The van der Waals surface area contributed by atoms with E-state index in [1.165, 1.54) is 6.20 Å². The summed E-state index contributed by atoms with van der Waals surface area (Å²) >= 11 is 5.49. The fraction of sp³-hybridized carbons (Fsp3) is 0.200. The lowest BCUT2D eigenvalue weighted by atomic mass is 10.0. The van der Waals surface area contributed by atoms with Gasteiger partial charge in [-0.05, 0) is 6.92 Å². The molecule has 0 fully saturated rings. The first-order valence-electron chi connectivity index (χ1n) is 2.45. The van der Waals surface area contributed by atoms with Crippen LogP contribution in [0.15, 0.2) is 6.20 Å². The third-order valence-corrected chi connectivity index (χ3v) is 1.14. The van der Waals surface area contributed by atoms with Crippen molar-refractivity contribution in [3.63, 3.8) is 0 Å². The first kappa shape index (κ1) is 6.55. The van der Waals surface area contributed by atoms with Crippen LogP contribution in [0, 0.1) is 6.92 Å². The van der Waals surface area contributed by atoms with Gasteiger partial charge in [0, 0.05) is 11.3 Å². The monoisotopic (exact) mass is 138 g/mol. The number of rotatable bonds is 0. The molecule has 0 aliphatic rings. The Bertz CT molecular complexity index is 226. The van der Waals surface area contributed by atoms with E-state index >= 15 is 0 Å². The van der Waals surface area contributed by atoms with E-state index in [1.54, 1.807) is 6.92 Å². The van der Waals surface area contributed by atoms with Crippen molar-refractivity contribution in [1.29, 1.82) is 0 Å². The Morgan fingerprint density at radius 3 is 2.78 bits per heavy atom. The molecule has 1 aromatic heterocycles. The molecule has 0 bridgehead atoms. The Kier molecular flexibility index (Phi) is 1.71. The molecule has 0 aliphatic heterocycles. The van der Waals surface area contributed by atoms with E-state index in [9.17, 15) is 0 Å². The highest BCUT2D eigenvalue weighted by Gasteiger charge is 1.93. The number of nitrogens with zero attached hydrogens (tertiary/aromatic N) is 2. The Morgan fingerprint density at radius 2 is 2.33 bits per heavy atom. The Hall–Kier alpha value is -0.565. The van der Waals surface area contributed by atoms with Crippen LogP contribution in [0.1, 0.15) is 5.69 Å². The van der Waals surface area contributed by atoms with Gasteiger partial charge in [0.2, 0.25) is 0 Å². The predicted molar refractivity (Wildman–Crippen MR) is 37.2 cm³/mol. The van der Waals surface area contributed by atoms with Gasteiger partial charge >= 0.3 is 0 Å². The lowest BCUT2D eigenvalue weighted by Crippen LogP contribution is -2.13. The average molecular weight is 138 g/mol. The van der Waals surface area contributed by atoms with Gasteiger partial charge in [-0.1, -0.05) is 11.6 Å². The maximum absolute atomic E-state index is 5.49. The van der Waals surface area contributed by atoms with E-state index in [0.717, 1.165) is 0 Å². The predicted octanol–water partition coefficient (Wildman–Crippen LogP) is 0.232. The van der Waals surface area contributed by atoms with E-state index < -0.39 is 0 Å². The molecule has 1 aromatic rings. The maximum atomic E-state index is 5.49. The summed E-state index contributed by atoms with van der Waals surface area (Å²) in [5, 5.41) is 0.377. The third kappa shape index (κ3) is 1.42. The van der Waals surface area contributed by atoms with Gasteiger partial charge in [0.25, 0.3) is 0 Å². The highest BCUT2D eigenvalue weighted by Crippen LogP contribution is 1.98. The van der Waals surface area contributed by atoms with Crippen LogP contribution in [0.25, 0.3) is 0 Å². The summed E-state index contributed by atoms with van der Waals surface area (Å²) in [5.41, 5.74) is 1.10. The number of aromatic nitrogens is 2. The number of aryl methyl sites for hydroxylation is 1. The molecule has 0 amide bonds.